The summed E-state index contributed by atoms with van der Waals surface area (Å²) in [6.45, 7) is 0. The molecule has 1 amide bonds. The molecular formula is C23H24N8OS. The third-order valence-corrected chi connectivity index (χ3v) is 5.42. The highest BCUT2D eigenvalue weighted by Crippen LogP contribution is 2.28. The molecule has 2 heterocycles. The molecule has 33 heavy (non-hydrogen) atoms. The third kappa shape index (κ3) is 5.66. The van der Waals surface area contributed by atoms with Gasteiger partial charge in [0, 0.05) is 33.9 Å². The second-order valence-electron chi connectivity index (χ2n) is 7.61. The number of hydrogen-bond donors (Lipinski definition) is 2. The van der Waals surface area contributed by atoms with Crippen LogP contribution in [0, 0.1) is 0 Å². The van der Waals surface area contributed by atoms with Gasteiger partial charge in [-0.25, -0.2) is 4.99 Å². The van der Waals surface area contributed by atoms with Crippen LogP contribution >= 0.6 is 11.8 Å². The summed E-state index contributed by atoms with van der Waals surface area (Å²) < 4.78 is 0. The lowest BCUT2D eigenvalue weighted by Crippen LogP contribution is -2.19. The number of benzene rings is 2. The van der Waals surface area contributed by atoms with Crippen LogP contribution in [-0.4, -0.2) is 54.2 Å². The molecule has 0 radical (unpaired) electrons. The van der Waals surface area contributed by atoms with Crippen LogP contribution in [0.2, 0.25) is 0 Å². The molecule has 0 saturated carbocycles. The van der Waals surface area contributed by atoms with E-state index in [2.05, 4.69) is 30.6 Å². The van der Waals surface area contributed by atoms with Crippen molar-refractivity contribution in [3.63, 3.8) is 0 Å². The third-order valence-electron chi connectivity index (χ3n) is 4.51. The van der Waals surface area contributed by atoms with Gasteiger partial charge in [-0.2, -0.15) is 15.0 Å². The molecule has 1 saturated heterocycles. The fourth-order valence-electron chi connectivity index (χ4n) is 2.86. The summed E-state index contributed by atoms with van der Waals surface area (Å²) in [6.07, 6.45) is 1.86. The van der Waals surface area contributed by atoms with Gasteiger partial charge in [0.25, 0.3) is 5.91 Å². The zero-order chi connectivity index (χ0) is 23.4. The first kappa shape index (κ1) is 22.3. The van der Waals surface area contributed by atoms with Crippen molar-refractivity contribution in [1.82, 2.24) is 20.3 Å². The maximum Gasteiger partial charge on any atom is 0.264 e. The number of amidine groups is 1. The number of amides is 1. The molecule has 3 aromatic rings. The summed E-state index contributed by atoms with van der Waals surface area (Å²) in [6, 6.07) is 17.2. The molecule has 0 spiro atoms. The van der Waals surface area contributed by atoms with Crippen molar-refractivity contribution >= 4 is 58.1 Å². The van der Waals surface area contributed by atoms with Crippen molar-refractivity contribution in [3.8, 4) is 0 Å². The van der Waals surface area contributed by atoms with Gasteiger partial charge in [0.1, 0.15) is 0 Å². The highest BCUT2D eigenvalue weighted by molar-refractivity contribution is 8.18. The van der Waals surface area contributed by atoms with Crippen molar-refractivity contribution in [3.05, 3.63) is 65.1 Å². The maximum atomic E-state index is 12.3. The minimum absolute atomic E-state index is 0.149. The van der Waals surface area contributed by atoms with E-state index in [1.54, 1.807) is 0 Å². The van der Waals surface area contributed by atoms with E-state index in [0.717, 1.165) is 16.9 Å². The molecule has 0 unspecified atom stereocenters. The van der Waals surface area contributed by atoms with E-state index in [-0.39, 0.29) is 5.91 Å². The second kappa shape index (κ2) is 9.70. The molecule has 10 heteroatoms. The number of carbonyl (C=O) groups is 1. The molecule has 2 N–H and O–H groups in total. The minimum Gasteiger partial charge on any atom is -0.347 e. The molecule has 168 valence electrons. The van der Waals surface area contributed by atoms with Gasteiger partial charge in [-0.1, -0.05) is 30.3 Å². The Bertz CT molecular complexity index is 1180. The zero-order valence-electron chi connectivity index (χ0n) is 18.8. The summed E-state index contributed by atoms with van der Waals surface area (Å²) in [5.41, 5.74) is 2.51. The number of aliphatic imine (C=N–C) groups is 1. The maximum absolute atomic E-state index is 12.3. The second-order valence-corrected chi connectivity index (χ2v) is 8.64. The first-order chi connectivity index (χ1) is 15.9. The monoisotopic (exact) mass is 460 g/mol. The summed E-state index contributed by atoms with van der Waals surface area (Å²) in [4.78, 5) is 34.4. The highest BCUT2D eigenvalue weighted by atomic mass is 32.2. The predicted octanol–water partition coefficient (Wildman–Crippen LogP) is 3.64. The van der Waals surface area contributed by atoms with Crippen LogP contribution in [0.3, 0.4) is 0 Å². The summed E-state index contributed by atoms with van der Waals surface area (Å²) in [7, 11) is 7.53. The SMILES string of the molecule is CN(C)c1nc(Nc2ccc(N=C3NC(=O)C(=Cc4ccccc4)S3)cc2)nc(N(C)C)n1. The molecule has 1 fully saturated rings. The van der Waals surface area contributed by atoms with Crippen LogP contribution in [0.4, 0.5) is 29.2 Å². The Morgan fingerprint density at radius 3 is 2.15 bits per heavy atom. The van der Waals surface area contributed by atoms with Gasteiger partial charge in [-0.3, -0.25) is 4.79 Å². The largest absolute Gasteiger partial charge is 0.347 e. The number of rotatable bonds is 6. The van der Waals surface area contributed by atoms with Crippen LogP contribution in [0.25, 0.3) is 6.08 Å². The van der Waals surface area contributed by atoms with Crippen LogP contribution in [0.1, 0.15) is 5.56 Å². The van der Waals surface area contributed by atoms with Crippen LogP contribution < -0.4 is 20.4 Å². The molecule has 0 atom stereocenters. The van der Waals surface area contributed by atoms with Gasteiger partial charge in [0.2, 0.25) is 17.8 Å². The lowest BCUT2D eigenvalue weighted by Gasteiger charge is -2.16. The van der Waals surface area contributed by atoms with E-state index in [1.807, 2.05) is 98.7 Å². The number of hydrogen-bond acceptors (Lipinski definition) is 9. The Kier molecular flexibility index (Phi) is 6.55. The standard InChI is InChI=1S/C23H24N8OS/c1-30(2)21-27-20(28-22(29-21)31(3)4)24-16-10-12-17(13-11-16)25-23-26-19(32)18(33-23)14-15-8-6-5-7-9-15/h5-14H,1-4H3,(H,25,26,32)(H,24,27,28,29). The molecule has 2 aromatic carbocycles. The van der Waals surface area contributed by atoms with E-state index in [0.29, 0.717) is 27.9 Å². The van der Waals surface area contributed by atoms with Gasteiger partial charge in [-0.05, 0) is 47.7 Å². The lowest BCUT2D eigenvalue weighted by atomic mass is 10.2. The van der Waals surface area contributed by atoms with Gasteiger partial charge in [0.05, 0.1) is 10.6 Å². The molecule has 1 aliphatic rings. The number of carbonyl (C=O) groups excluding carboxylic acids is 1. The van der Waals surface area contributed by atoms with Crippen molar-refractivity contribution < 1.29 is 4.79 Å². The Morgan fingerprint density at radius 1 is 0.909 bits per heavy atom. The molecular weight excluding hydrogens is 436 g/mol. The number of nitrogens with zero attached hydrogens (tertiary/aromatic N) is 6. The summed E-state index contributed by atoms with van der Waals surface area (Å²) in [5, 5.41) is 6.57. The van der Waals surface area contributed by atoms with Crippen LogP contribution in [-0.2, 0) is 4.79 Å². The summed E-state index contributed by atoms with van der Waals surface area (Å²) in [5.74, 6) is 1.43. The van der Waals surface area contributed by atoms with Gasteiger partial charge in [0.15, 0.2) is 5.17 Å². The van der Waals surface area contributed by atoms with Crippen LogP contribution in [0.5, 0.6) is 0 Å². The van der Waals surface area contributed by atoms with E-state index in [1.165, 1.54) is 11.8 Å². The zero-order valence-corrected chi connectivity index (χ0v) is 19.6. The van der Waals surface area contributed by atoms with E-state index in [4.69, 9.17) is 0 Å². The van der Waals surface area contributed by atoms with Crippen molar-refractivity contribution in [2.45, 2.75) is 0 Å². The fraction of sp³-hybridized carbons (Fsp3) is 0.174. The van der Waals surface area contributed by atoms with E-state index in [9.17, 15) is 4.79 Å². The average molecular weight is 461 g/mol. The quantitative estimate of drug-likeness (QED) is 0.538. The smallest absolute Gasteiger partial charge is 0.264 e. The average Bonchev–Trinajstić information content (AvgIpc) is 3.14. The number of aromatic nitrogens is 3. The van der Waals surface area contributed by atoms with Crippen molar-refractivity contribution in [2.75, 3.05) is 43.3 Å². The first-order valence-corrected chi connectivity index (χ1v) is 11.0. The minimum atomic E-state index is -0.149. The molecule has 0 bridgehead atoms. The topological polar surface area (TPSA) is 98.6 Å². The Morgan fingerprint density at radius 2 is 1.55 bits per heavy atom. The first-order valence-electron chi connectivity index (χ1n) is 10.2. The Labute approximate surface area is 196 Å². The number of nitrogens with one attached hydrogen (secondary N) is 2. The molecule has 9 nitrogen and oxygen atoms in total. The molecule has 0 aliphatic carbocycles. The van der Waals surface area contributed by atoms with Gasteiger partial charge < -0.3 is 20.4 Å². The predicted molar refractivity (Wildman–Crippen MR) is 135 cm³/mol. The Hall–Kier alpha value is -3.92. The lowest BCUT2D eigenvalue weighted by molar-refractivity contribution is -0.115. The number of thioether (sulfide) groups is 1. The Balaban J connectivity index is 1.48. The number of anilines is 4. The normalized spacial score (nSPS) is 15.6. The van der Waals surface area contributed by atoms with Crippen LogP contribution in [0.15, 0.2) is 64.5 Å². The molecule has 1 aromatic heterocycles. The van der Waals surface area contributed by atoms with Gasteiger partial charge >= 0.3 is 0 Å². The van der Waals surface area contributed by atoms with E-state index < -0.39 is 0 Å². The fourth-order valence-corrected chi connectivity index (χ4v) is 3.70. The highest BCUT2D eigenvalue weighted by Gasteiger charge is 2.23. The summed E-state index contributed by atoms with van der Waals surface area (Å²) >= 11 is 1.32. The molecule has 1 aliphatic heterocycles. The van der Waals surface area contributed by atoms with Gasteiger partial charge in [-0.15, -0.1) is 0 Å². The van der Waals surface area contributed by atoms with Crippen molar-refractivity contribution in [2.24, 2.45) is 4.99 Å². The molecule has 4 rings (SSSR count). The van der Waals surface area contributed by atoms with Crippen molar-refractivity contribution in [1.29, 1.82) is 0 Å². The van der Waals surface area contributed by atoms with E-state index >= 15 is 0 Å².